The van der Waals surface area contributed by atoms with Crippen LogP contribution >= 0.6 is 0 Å². The van der Waals surface area contributed by atoms with Gasteiger partial charge in [0, 0.05) is 7.11 Å². The lowest BCUT2D eigenvalue weighted by Crippen LogP contribution is -2.30. The summed E-state index contributed by atoms with van der Waals surface area (Å²) < 4.78 is 59.5. The molecule has 1 aromatic rings. The van der Waals surface area contributed by atoms with Gasteiger partial charge in [-0.2, -0.15) is 8.42 Å². The summed E-state index contributed by atoms with van der Waals surface area (Å²) in [6.45, 7) is 1.90. The number of ether oxygens (including phenoxy) is 6. The van der Waals surface area contributed by atoms with Crippen LogP contribution in [-0.4, -0.2) is 68.7 Å². The third-order valence-corrected chi connectivity index (χ3v) is 5.20. The molecule has 9 nitrogen and oxygen atoms in total. The van der Waals surface area contributed by atoms with E-state index in [1.807, 2.05) is 0 Å². The molecule has 1 rings (SSSR count). The van der Waals surface area contributed by atoms with Gasteiger partial charge in [0.2, 0.25) is 5.75 Å². The Morgan fingerprint density at radius 3 is 1.96 bits per heavy atom. The fourth-order valence-electron chi connectivity index (χ4n) is 2.17. The van der Waals surface area contributed by atoms with E-state index >= 15 is 0 Å². The molecule has 0 saturated heterocycles. The maximum absolute atomic E-state index is 11.5. The van der Waals surface area contributed by atoms with Crippen LogP contribution in [0.1, 0.15) is 12.5 Å². The summed E-state index contributed by atoms with van der Waals surface area (Å²) in [4.78, 5) is 0. The van der Waals surface area contributed by atoms with Crippen LogP contribution in [0.15, 0.2) is 12.1 Å². The molecule has 0 aliphatic carbocycles. The highest BCUT2D eigenvalue weighted by atomic mass is 32.2. The summed E-state index contributed by atoms with van der Waals surface area (Å²) >= 11 is 0. The second kappa shape index (κ2) is 11.3. The lowest BCUT2D eigenvalue weighted by atomic mass is 10.2. The second-order valence-corrected chi connectivity index (χ2v) is 7.45. The fraction of sp³-hybridized carbons (Fsp3) is 0.647. The van der Waals surface area contributed by atoms with Crippen molar-refractivity contribution >= 4 is 10.1 Å². The van der Waals surface area contributed by atoms with Crippen LogP contribution in [0.4, 0.5) is 0 Å². The molecule has 0 fully saturated rings. The first-order chi connectivity index (χ1) is 12.8. The van der Waals surface area contributed by atoms with Gasteiger partial charge >= 0.3 is 0 Å². The molecule has 0 radical (unpaired) electrons. The number of hydrogen-bond donors (Lipinski definition) is 0. The van der Waals surface area contributed by atoms with Gasteiger partial charge in [-0.25, -0.2) is 0 Å². The minimum Gasteiger partial charge on any atom is -0.493 e. The van der Waals surface area contributed by atoms with Crippen LogP contribution < -0.4 is 14.2 Å². The molecule has 0 aromatic heterocycles. The van der Waals surface area contributed by atoms with Crippen LogP contribution in [0.3, 0.4) is 0 Å². The molecule has 0 aliphatic heterocycles. The molecule has 2 unspecified atom stereocenters. The molecule has 0 aliphatic rings. The van der Waals surface area contributed by atoms with Gasteiger partial charge < -0.3 is 28.4 Å². The summed E-state index contributed by atoms with van der Waals surface area (Å²) in [5.41, 5.74) is -0.286. The van der Waals surface area contributed by atoms with Gasteiger partial charge in [-0.15, -0.1) is 0 Å². The highest BCUT2D eigenvalue weighted by Crippen LogP contribution is 2.38. The summed E-state index contributed by atoms with van der Waals surface area (Å²) in [6.07, 6.45) is -0.443. The van der Waals surface area contributed by atoms with Gasteiger partial charge in [-0.1, -0.05) is 0 Å². The van der Waals surface area contributed by atoms with E-state index in [0.717, 1.165) is 12.7 Å². The molecule has 2 atom stereocenters. The molecule has 10 heteroatoms. The van der Waals surface area contributed by atoms with Gasteiger partial charge in [0.15, 0.2) is 16.9 Å². The molecular weight excluding hydrogens is 380 g/mol. The Morgan fingerprint density at radius 1 is 0.926 bits per heavy atom. The van der Waals surface area contributed by atoms with Crippen molar-refractivity contribution in [2.24, 2.45) is 0 Å². The zero-order chi connectivity index (χ0) is 20.4. The van der Waals surface area contributed by atoms with Gasteiger partial charge in [0.05, 0.1) is 48.3 Å². The standard InChI is InChI=1S/C17H28O9S/c1-12(27(18,19)24-6)26-11-14(20-2)10-25-9-13-7-15(21-3)17(23-5)16(8-13)22-4/h7-8,12,14H,9-11H2,1-6H3. The largest absolute Gasteiger partial charge is 0.493 e. The summed E-state index contributed by atoms with van der Waals surface area (Å²) in [5, 5.41) is 0. The highest BCUT2D eigenvalue weighted by molar-refractivity contribution is 7.87. The molecule has 0 N–H and O–H groups in total. The van der Waals surface area contributed by atoms with E-state index in [-0.39, 0.29) is 19.8 Å². The first-order valence-corrected chi connectivity index (χ1v) is 9.60. The second-order valence-electron chi connectivity index (χ2n) is 5.47. The summed E-state index contributed by atoms with van der Waals surface area (Å²) in [6, 6.07) is 3.57. The number of hydrogen-bond acceptors (Lipinski definition) is 9. The number of rotatable bonds is 13. The Labute approximate surface area is 160 Å². The Kier molecular flexibility index (Phi) is 9.81. The van der Waals surface area contributed by atoms with Gasteiger partial charge in [0.25, 0.3) is 10.1 Å². The first kappa shape index (κ1) is 23.4. The van der Waals surface area contributed by atoms with E-state index in [2.05, 4.69) is 4.18 Å². The summed E-state index contributed by atoms with van der Waals surface area (Å²) in [7, 11) is 3.44. The predicted molar refractivity (Wildman–Crippen MR) is 97.9 cm³/mol. The first-order valence-electron chi connectivity index (χ1n) is 8.13. The smallest absolute Gasteiger partial charge is 0.294 e. The molecule has 0 bridgehead atoms. The Morgan fingerprint density at radius 2 is 1.52 bits per heavy atom. The predicted octanol–water partition coefficient (Wildman–Crippen LogP) is 1.58. The van der Waals surface area contributed by atoms with E-state index in [1.165, 1.54) is 35.4 Å². The Balaban J connectivity index is 2.62. The van der Waals surface area contributed by atoms with Crippen LogP contribution in [0.5, 0.6) is 17.2 Å². The minimum atomic E-state index is -3.75. The molecular formula is C17H28O9S. The zero-order valence-corrected chi connectivity index (χ0v) is 17.3. The van der Waals surface area contributed by atoms with Crippen LogP contribution in [0.25, 0.3) is 0 Å². The van der Waals surface area contributed by atoms with Crippen LogP contribution in [0, 0.1) is 0 Å². The molecule has 0 heterocycles. The average molecular weight is 408 g/mol. The molecule has 0 amide bonds. The monoisotopic (exact) mass is 408 g/mol. The van der Waals surface area contributed by atoms with Crippen molar-refractivity contribution < 1.29 is 41.0 Å². The highest BCUT2D eigenvalue weighted by Gasteiger charge is 2.22. The average Bonchev–Trinajstić information content (AvgIpc) is 2.68. The molecule has 1 aromatic carbocycles. The topological polar surface area (TPSA) is 98.8 Å². The normalized spacial score (nSPS) is 13.9. The van der Waals surface area contributed by atoms with Crippen molar-refractivity contribution in [1.82, 2.24) is 0 Å². The van der Waals surface area contributed by atoms with Crippen molar-refractivity contribution in [3.63, 3.8) is 0 Å². The molecule has 27 heavy (non-hydrogen) atoms. The number of methoxy groups -OCH3 is 4. The maximum atomic E-state index is 11.5. The van der Waals surface area contributed by atoms with Crippen molar-refractivity contribution in [2.75, 3.05) is 48.8 Å². The van der Waals surface area contributed by atoms with E-state index in [9.17, 15) is 8.42 Å². The lowest BCUT2D eigenvalue weighted by molar-refractivity contribution is -0.0496. The molecule has 0 spiro atoms. The minimum absolute atomic E-state index is 0.0372. The molecule has 156 valence electrons. The van der Waals surface area contributed by atoms with Gasteiger partial charge in [0.1, 0.15) is 6.10 Å². The maximum Gasteiger partial charge on any atom is 0.294 e. The zero-order valence-electron chi connectivity index (χ0n) is 16.5. The number of benzene rings is 1. The lowest BCUT2D eigenvalue weighted by Gasteiger charge is -2.19. The third kappa shape index (κ3) is 6.82. The summed E-state index contributed by atoms with van der Waals surface area (Å²) in [5.74, 6) is 1.56. The van der Waals surface area contributed by atoms with Crippen molar-refractivity contribution in [1.29, 1.82) is 0 Å². The Bertz CT molecular complexity index is 650. The van der Waals surface area contributed by atoms with Crippen molar-refractivity contribution in [3.8, 4) is 17.2 Å². The van der Waals surface area contributed by atoms with Gasteiger partial charge in [-0.3, -0.25) is 4.18 Å². The SMILES string of the molecule is COc1cc(COCC(COC(C)S(=O)(=O)OC)OC)cc(OC)c1OC. The quantitative estimate of drug-likeness (QED) is 0.450. The van der Waals surface area contributed by atoms with E-state index in [4.69, 9.17) is 28.4 Å². The van der Waals surface area contributed by atoms with E-state index < -0.39 is 21.7 Å². The van der Waals surface area contributed by atoms with Crippen molar-refractivity contribution in [2.45, 2.75) is 25.1 Å². The fourth-order valence-corrected chi connectivity index (χ4v) is 2.69. The van der Waals surface area contributed by atoms with Crippen molar-refractivity contribution in [3.05, 3.63) is 17.7 Å². The van der Waals surface area contributed by atoms with Crippen LogP contribution in [0.2, 0.25) is 0 Å². The third-order valence-electron chi connectivity index (χ3n) is 3.79. The van der Waals surface area contributed by atoms with E-state index in [0.29, 0.717) is 17.2 Å². The van der Waals surface area contributed by atoms with Gasteiger partial charge in [-0.05, 0) is 24.6 Å². The van der Waals surface area contributed by atoms with Crippen LogP contribution in [-0.2, 0) is 35.1 Å². The van der Waals surface area contributed by atoms with E-state index in [1.54, 1.807) is 12.1 Å². The molecule has 0 saturated carbocycles. The Hall–Kier alpha value is -1.59.